The standard InChI is InChI=1S/C8H6F2N2O/c9-7(10)8-11-5-2-1-4(13)3-6(5)12-8/h1-3,7,13H,(H,11,12). The van der Waals surface area contributed by atoms with Crippen LogP contribution in [0.2, 0.25) is 0 Å². The predicted molar refractivity (Wildman–Crippen MR) is 42.7 cm³/mol. The van der Waals surface area contributed by atoms with Crippen molar-refractivity contribution >= 4 is 11.0 Å². The fraction of sp³-hybridized carbons (Fsp3) is 0.125. The zero-order valence-electron chi connectivity index (χ0n) is 6.46. The van der Waals surface area contributed by atoms with Crippen LogP contribution < -0.4 is 0 Å². The largest absolute Gasteiger partial charge is 0.508 e. The van der Waals surface area contributed by atoms with Crippen LogP contribution in [-0.2, 0) is 0 Å². The minimum Gasteiger partial charge on any atom is -0.508 e. The van der Waals surface area contributed by atoms with E-state index in [1.165, 1.54) is 18.2 Å². The molecule has 5 heteroatoms. The highest BCUT2D eigenvalue weighted by Gasteiger charge is 2.12. The molecule has 0 bridgehead atoms. The molecule has 13 heavy (non-hydrogen) atoms. The Balaban J connectivity index is 2.62. The van der Waals surface area contributed by atoms with Crippen LogP contribution in [0, 0.1) is 0 Å². The maximum Gasteiger partial charge on any atom is 0.295 e. The van der Waals surface area contributed by atoms with Crippen LogP contribution in [0.4, 0.5) is 8.78 Å². The Morgan fingerprint density at radius 1 is 1.38 bits per heavy atom. The molecule has 2 aromatic rings. The molecule has 0 aliphatic carbocycles. The Morgan fingerprint density at radius 2 is 2.15 bits per heavy atom. The van der Waals surface area contributed by atoms with Crippen molar-refractivity contribution in [1.82, 2.24) is 9.97 Å². The van der Waals surface area contributed by atoms with Gasteiger partial charge < -0.3 is 10.1 Å². The van der Waals surface area contributed by atoms with Crippen molar-refractivity contribution in [2.24, 2.45) is 0 Å². The van der Waals surface area contributed by atoms with Gasteiger partial charge in [-0.15, -0.1) is 0 Å². The molecule has 0 fully saturated rings. The number of rotatable bonds is 1. The fourth-order valence-electron chi connectivity index (χ4n) is 1.12. The summed E-state index contributed by atoms with van der Waals surface area (Å²) in [5, 5.41) is 9.04. The van der Waals surface area contributed by atoms with E-state index in [4.69, 9.17) is 5.11 Å². The van der Waals surface area contributed by atoms with Crippen molar-refractivity contribution in [1.29, 1.82) is 0 Å². The number of hydrogen-bond acceptors (Lipinski definition) is 2. The number of aromatic hydroxyl groups is 1. The Bertz CT molecular complexity index is 439. The van der Waals surface area contributed by atoms with Gasteiger partial charge in [-0.25, -0.2) is 13.8 Å². The van der Waals surface area contributed by atoms with Gasteiger partial charge in [0.2, 0.25) is 0 Å². The molecule has 3 nitrogen and oxygen atoms in total. The summed E-state index contributed by atoms with van der Waals surface area (Å²) >= 11 is 0. The van der Waals surface area contributed by atoms with E-state index in [9.17, 15) is 8.78 Å². The first-order valence-electron chi connectivity index (χ1n) is 3.63. The molecule has 0 amide bonds. The zero-order valence-corrected chi connectivity index (χ0v) is 6.46. The number of phenols is 1. The van der Waals surface area contributed by atoms with Crippen molar-refractivity contribution in [3.05, 3.63) is 24.0 Å². The third-order valence-electron chi connectivity index (χ3n) is 1.69. The van der Waals surface area contributed by atoms with E-state index in [2.05, 4.69) is 9.97 Å². The Hall–Kier alpha value is -1.65. The number of H-pyrrole nitrogens is 1. The molecule has 68 valence electrons. The van der Waals surface area contributed by atoms with Crippen LogP contribution in [0.3, 0.4) is 0 Å². The first-order valence-corrected chi connectivity index (χ1v) is 3.63. The van der Waals surface area contributed by atoms with E-state index in [1.54, 1.807) is 0 Å². The molecule has 1 heterocycles. The van der Waals surface area contributed by atoms with Crippen LogP contribution in [0.15, 0.2) is 18.2 Å². The minimum atomic E-state index is -2.62. The van der Waals surface area contributed by atoms with Gasteiger partial charge in [0.25, 0.3) is 6.43 Å². The number of benzene rings is 1. The number of hydrogen-bond donors (Lipinski definition) is 2. The lowest BCUT2D eigenvalue weighted by molar-refractivity contribution is 0.142. The summed E-state index contributed by atoms with van der Waals surface area (Å²) < 4.78 is 24.3. The average Bonchev–Trinajstić information content (AvgIpc) is 2.46. The van der Waals surface area contributed by atoms with Gasteiger partial charge in [0.15, 0.2) is 5.82 Å². The summed E-state index contributed by atoms with van der Waals surface area (Å²) in [6.45, 7) is 0. The predicted octanol–water partition coefficient (Wildman–Crippen LogP) is 2.21. The summed E-state index contributed by atoms with van der Waals surface area (Å²) in [6.07, 6.45) is -2.62. The minimum absolute atomic E-state index is 0.0250. The van der Waals surface area contributed by atoms with Gasteiger partial charge in [-0.05, 0) is 12.1 Å². The monoisotopic (exact) mass is 184 g/mol. The van der Waals surface area contributed by atoms with E-state index in [1.807, 2.05) is 0 Å². The maximum absolute atomic E-state index is 12.1. The summed E-state index contributed by atoms with van der Waals surface area (Å²) in [7, 11) is 0. The summed E-state index contributed by atoms with van der Waals surface area (Å²) in [5.74, 6) is -0.349. The van der Waals surface area contributed by atoms with Gasteiger partial charge in [0.1, 0.15) is 5.75 Å². The summed E-state index contributed by atoms with van der Waals surface area (Å²) in [4.78, 5) is 6.05. The molecule has 1 aromatic carbocycles. The Kier molecular flexibility index (Phi) is 1.65. The number of aromatic nitrogens is 2. The lowest BCUT2D eigenvalue weighted by Crippen LogP contribution is -1.84. The second kappa shape index (κ2) is 2.69. The molecule has 0 unspecified atom stereocenters. The van der Waals surface area contributed by atoms with Crippen LogP contribution in [0.5, 0.6) is 5.75 Å². The number of phenolic OH excluding ortho intramolecular Hbond substituents is 1. The fourth-order valence-corrected chi connectivity index (χ4v) is 1.12. The van der Waals surface area contributed by atoms with Crippen molar-refractivity contribution in [2.45, 2.75) is 6.43 Å². The highest BCUT2D eigenvalue weighted by molar-refractivity contribution is 5.76. The van der Waals surface area contributed by atoms with E-state index in [0.29, 0.717) is 11.0 Å². The molecule has 0 atom stereocenters. The highest BCUT2D eigenvalue weighted by atomic mass is 19.3. The molecule has 0 saturated carbocycles. The van der Waals surface area contributed by atoms with E-state index in [-0.39, 0.29) is 11.6 Å². The summed E-state index contributed by atoms with van der Waals surface area (Å²) in [6, 6.07) is 4.24. The molecule has 1 aromatic heterocycles. The molecule has 0 aliphatic rings. The number of alkyl halides is 2. The molecule has 0 aliphatic heterocycles. The number of imidazole rings is 1. The molecular formula is C8H6F2N2O. The van der Waals surface area contributed by atoms with Crippen molar-refractivity contribution in [2.75, 3.05) is 0 Å². The second-order valence-electron chi connectivity index (χ2n) is 2.62. The maximum atomic E-state index is 12.1. The molecule has 2 rings (SSSR count). The number of halogens is 2. The first-order chi connectivity index (χ1) is 6.16. The third kappa shape index (κ3) is 1.32. The van der Waals surface area contributed by atoms with E-state index in [0.717, 1.165) is 0 Å². The van der Waals surface area contributed by atoms with E-state index >= 15 is 0 Å². The highest BCUT2D eigenvalue weighted by Crippen LogP contribution is 2.22. The van der Waals surface area contributed by atoms with Gasteiger partial charge in [-0.3, -0.25) is 0 Å². The van der Waals surface area contributed by atoms with Crippen LogP contribution in [0.25, 0.3) is 11.0 Å². The van der Waals surface area contributed by atoms with Crippen LogP contribution in [-0.4, -0.2) is 15.1 Å². The van der Waals surface area contributed by atoms with E-state index < -0.39 is 6.43 Å². The number of nitrogens with one attached hydrogen (secondary N) is 1. The molecular weight excluding hydrogens is 178 g/mol. The normalized spacial score (nSPS) is 11.3. The second-order valence-corrected chi connectivity index (χ2v) is 2.62. The van der Waals surface area contributed by atoms with Gasteiger partial charge in [-0.2, -0.15) is 0 Å². The quantitative estimate of drug-likeness (QED) is 0.713. The van der Waals surface area contributed by atoms with Crippen LogP contribution >= 0.6 is 0 Å². The molecule has 0 spiro atoms. The van der Waals surface area contributed by atoms with Gasteiger partial charge in [0, 0.05) is 6.07 Å². The number of aromatic amines is 1. The summed E-state index contributed by atoms with van der Waals surface area (Å²) in [5.41, 5.74) is 0.836. The molecule has 2 N–H and O–H groups in total. The van der Waals surface area contributed by atoms with Gasteiger partial charge in [-0.1, -0.05) is 0 Å². The van der Waals surface area contributed by atoms with Crippen LogP contribution in [0.1, 0.15) is 12.2 Å². The number of fused-ring (bicyclic) bond motifs is 1. The third-order valence-corrected chi connectivity index (χ3v) is 1.69. The average molecular weight is 184 g/mol. The smallest absolute Gasteiger partial charge is 0.295 e. The molecule has 0 saturated heterocycles. The lowest BCUT2D eigenvalue weighted by atomic mass is 10.3. The van der Waals surface area contributed by atoms with Crippen molar-refractivity contribution < 1.29 is 13.9 Å². The lowest BCUT2D eigenvalue weighted by Gasteiger charge is -1.89. The Morgan fingerprint density at radius 3 is 2.85 bits per heavy atom. The zero-order chi connectivity index (χ0) is 9.42. The topological polar surface area (TPSA) is 48.9 Å². The first kappa shape index (κ1) is 7.97. The SMILES string of the molecule is Oc1ccc2nc(C(F)F)[nH]c2c1. The van der Waals surface area contributed by atoms with Crippen molar-refractivity contribution in [3.63, 3.8) is 0 Å². The Labute approximate surface area is 72.0 Å². The van der Waals surface area contributed by atoms with Crippen molar-refractivity contribution in [3.8, 4) is 5.75 Å². The van der Waals surface area contributed by atoms with Gasteiger partial charge in [0.05, 0.1) is 11.0 Å². The van der Waals surface area contributed by atoms with Gasteiger partial charge >= 0.3 is 0 Å². The number of nitrogens with zero attached hydrogens (tertiary/aromatic N) is 1. The molecule has 0 radical (unpaired) electrons.